The fourth-order valence-electron chi connectivity index (χ4n) is 1.67. The Labute approximate surface area is 124 Å². The number of carbonyl (C=O) groups excluding carboxylic acids is 2. The number of anilines is 1. The van der Waals surface area contributed by atoms with E-state index in [1.165, 1.54) is 24.3 Å². The van der Waals surface area contributed by atoms with Crippen LogP contribution in [0.4, 0.5) is 18.9 Å². The highest BCUT2D eigenvalue weighted by molar-refractivity contribution is 5.99. The van der Waals surface area contributed by atoms with Gasteiger partial charge in [0.2, 0.25) is 5.91 Å². The molecule has 22 heavy (non-hydrogen) atoms. The molecule has 0 heterocycles. The third kappa shape index (κ3) is 4.08. The number of halogens is 3. The minimum absolute atomic E-state index is 0.355. The highest BCUT2D eigenvalue weighted by Gasteiger charge is 2.13. The summed E-state index contributed by atoms with van der Waals surface area (Å²) in [6.45, 7) is -0.410. The van der Waals surface area contributed by atoms with Gasteiger partial charge in [-0.3, -0.25) is 9.59 Å². The number of hydrogen-bond donors (Lipinski definition) is 2. The molecule has 0 aliphatic heterocycles. The minimum Gasteiger partial charge on any atom is -0.343 e. The van der Waals surface area contributed by atoms with Crippen molar-refractivity contribution < 1.29 is 22.8 Å². The Kier molecular flexibility index (Phi) is 4.77. The second-order valence-corrected chi connectivity index (χ2v) is 4.36. The Morgan fingerprint density at radius 2 is 1.55 bits per heavy atom. The summed E-state index contributed by atoms with van der Waals surface area (Å²) in [6, 6.07) is 7.55. The Balaban J connectivity index is 1.90. The number of hydrogen-bond acceptors (Lipinski definition) is 2. The van der Waals surface area contributed by atoms with Gasteiger partial charge in [0.25, 0.3) is 5.91 Å². The third-order valence-electron chi connectivity index (χ3n) is 2.71. The first kappa shape index (κ1) is 15.6. The Morgan fingerprint density at radius 1 is 0.909 bits per heavy atom. The summed E-state index contributed by atoms with van der Waals surface area (Å²) in [5, 5.41) is 4.63. The van der Waals surface area contributed by atoms with Crippen LogP contribution in [-0.4, -0.2) is 18.4 Å². The molecule has 0 saturated heterocycles. The van der Waals surface area contributed by atoms with E-state index >= 15 is 0 Å². The van der Waals surface area contributed by atoms with Crippen LogP contribution in [0.2, 0.25) is 0 Å². The van der Waals surface area contributed by atoms with Crippen molar-refractivity contribution in [2.24, 2.45) is 0 Å². The van der Waals surface area contributed by atoms with Crippen molar-refractivity contribution in [1.29, 1.82) is 0 Å². The molecule has 2 amide bonds. The minimum atomic E-state index is -1.02. The lowest BCUT2D eigenvalue weighted by atomic mass is 10.2. The standard InChI is InChI=1S/C15H11F3N2O2/c16-9-1-4-11(5-2-9)20-14(21)8-19-15(22)12-6-3-10(17)7-13(12)18/h1-7H,8H2,(H,19,22)(H,20,21). The Bertz CT molecular complexity index is 702. The van der Waals surface area contributed by atoms with Gasteiger partial charge in [-0.15, -0.1) is 0 Å². The average Bonchev–Trinajstić information content (AvgIpc) is 2.47. The highest BCUT2D eigenvalue weighted by Crippen LogP contribution is 2.10. The van der Waals surface area contributed by atoms with Crippen LogP contribution < -0.4 is 10.6 Å². The topological polar surface area (TPSA) is 58.2 Å². The van der Waals surface area contributed by atoms with Gasteiger partial charge >= 0.3 is 0 Å². The van der Waals surface area contributed by atoms with Crippen molar-refractivity contribution in [2.75, 3.05) is 11.9 Å². The monoisotopic (exact) mass is 308 g/mol. The predicted octanol–water partition coefficient (Wildman–Crippen LogP) is 2.47. The normalized spacial score (nSPS) is 10.1. The van der Waals surface area contributed by atoms with Crippen molar-refractivity contribution in [2.45, 2.75) is 0 Å². The SMILES string of the molecule is O=C(CNC(=O)c1ccc(F)cc1F)Nc1ccc(F)cc1. The molecule has 7 heteroatoms. The molecule has 0 bridgehead atoms. The maximum atomic E-state index is 13.4. The first-order chi connectivity index (χ1) is 10.5. The van der Waals surface area contributed by atoms with Gasteiger partial charge in [-0.1, -0.05) is 0 Å². The summed E-state index contributed by atoms with van der Waals surface area (Å²) >= 11 is 0. The second-order valence-electron chi connectivity index (χ2n) is 4.36. The summed E-state index contributed by atoms with van der Waals surface area (Å²) in [7, 11) is 0. The molecule has 0 spiro atoms. The van der Waals surface area contributed by atoms with Gasteiger partial charge < -0.3 is 10.6 Å². The van der Waals surface area contributed by atoms with E-state index in [1.54, 1.807) is 0 Å². The molecule has 4 nitrogen and oxygen atoms in total. The van der Waals surface area contributed by atoms with E-state index < -0.39 is 35.8 Å². The Morgan fingerprint density at radius 3 is 2.18 bits per heavy atom. The van der Waals surface area contributed by atoms with Crippen molar-refractivity contribution in [3.05, 3.63) is 65.5 Å². The zero-order valence-electron chi connectivity index (χ0n) is 11.2. The molecule has 2 rings (SSSR count). The molecule has 114 valence electrons. The Hall–Kier alpha value is -2.83. The van der Waals surface area contributed by atoms with Crippen LogP contribution >= 0.6 is 0 Å². The molecule has 2 aromatic carbocycles. The summed E-state index contributed by atoms with van der Waals surface area (Å²) in [4.78, 5) is 23.3. The van der Waals surface area contributed by atoms with Crippen LogP contribution in [0.1, 0.15) is 10.4 Å². The zero-order chi connectivity index (χ0) is 16.1. The van der Waals surface area contributed by atoms with Crippen LogP contribution in [0.15, 0.2) is 42.5 Å². The van der Waals surface area contributed by atoms with Crippen molar-refractivity contribution >= 4 is 17.5 Å². The molecule has 0 fully saturated rings. The number of carbonyl (C=O) groups is 2. The van der Waals surface area contributed by atoms with E-state index in [2.05, 4.69) is 10.6 Å². The van der Waals surface area contributed by atoms with Crippen molar-refractivity contribution in [3.63, 3.8) is 0 Å². The summed E-state index contributed by atoms with van der Waals surface area (Å²) in [5.41, 5.74) is -0.00964. The van der Waals surface area contributed by atoms with Crippen LogP contribution in [-0.2, 0) is 4.79 Å². The molecule has 0 unspecified atom stereocenters. The number of amides is 2. The van der Waals surface area contributed by atoms with Crippen molar-refractivity contribution in [3.8, 4) is 0 Å². The molecular formula is C15H11F3N2O2. The van der Waals surface area contributed by atoms with E-state index in [-0.39, 0.29) is 5.56 Å². The van der Waals surface area contributed by atoms with Crippen LogP contribution in [0.3, 0.4) is 0 Å². The number of benzene rings is 2. The zero-order valence-corrected chi connectivity index (χ0v) is 11.2. The highest BCUT2D eigenvalue weighted by atomic mass is 19.1. The number of nitrogens with one attached hydrogen (secondary N) is 2. The van der Waals surface area contributed by atoms with E-state index in [4.69, 9.17) is 0 Å². The van der Waals surface area contributed by atoms with Gasteiger partial charge in [0, 0.05) is 11.8 Å². The van der Waals surface area contributed by atoms with E-state index in [1.807, 2.05) is 0 Å². The molecule has 2 aromatic rings. The lowest BCUT2D eigenvalue weighted by molar-refractivity contribution is -0.115. The second kappa shape index (κ2) is 6.75. The van der Waals surface area contributed by atoms with Crippen LogP contribution in [0, 0.1) is 17.5 Å². The lowest BCUT2D eigenvalue weighted by Crippen LogP contribution is -2.33. The molecule has 0 aliphatic rings. The van der Waals surface area contributed by atoms with Crippen LogP contribution in [0.5, 0.6) is 0 Å². The third-order valence-corrected chi connectivity index (χ3v) is 2.71. The molecule has 0 saturated carbocycles. The maximum absolute atomic E-state index is 13.4. The van der Waals surface area contributed by atoms with Gasteiger partial charge in [-0.25, -0.2) is 13.2 Å². The molecule has 0 aromatic heterocycles. The molecule has 2 N–H and O–H groups in total. The molecule has 0 atom stereocenters. The predicted molar refractivity (Wildman–Crippen MR) is 73.7 cm³/mol. The van der Waals surface area contributed by atoms with Crippen molar-refractivity contribution in [1.82, 2.24) is 5.32 Å². The first-order valence-electron chi connectivity index (χ1n) is 6.24. The largest absolute Gasteiger partial charge is 0.343 e. The fraction of sp³-hybridized carbons (Fsp3) is 0.0667. The van der Waals surface area contributed by atoms with Gasteiger partial charge in [0.1, 0.15) is 17.5 Å². The van der Waals surface area contributed by atoms with E-state index in [0.29, 0.717) is 11.8 Å². The first-order valence-corrected chi connectivity index (χ1v) is 6.24. The summed E-state index contributed by atoms with van der Waals surface area (Å²) < 4.78 is 38.8. The number of rotatable bonds is 4. The van der Waals surface area contributed by atoms with Crippen LogP contribution in [0.25, 0.3) is 0 Å². The van der Waals surface area contributed by atoms with E-state index in [9.17, 15) is 22.8 Å². The average molecular weight is 308 g/mol. The lowest BCUT2D eigenvalue weighted by Gasteiger charge is -2.07. The molecular weight excluding hydrogens is 297 g/mol. The van der Waals surface area contributed by atoms with Gasteiger partial charge in [0.15, 0.2) is 0 Å². The van der Waals surface area contributed by atoms with Gasteiger partial charge in [-0.2, -0.15) is 0 Å². The molecule has 0 radical (unpaired) electrons. The fourth-order valence-corrected chi connectivity index (χ4v) is 1.67. The van der Waals surface area contributed by atoms with Gasteiger partial charge in [0.05, 0.1) is 12.1 Å². The van der Waals surface area contributed by atoms with E-state index in [0.717, 1.165) is 12.1 Å². The quantitative estimate of drug-likeness (QED) is 0.911. The smallest absolute Gasteiger partial charge is 0.254 e. The summed E-state index contributed by atoms with van der Waals surface area (Å²) in [5.74, 6) is -3.67. The van der Waals surface area contributed by atoms with Gasteiger partial charge in [-0.05, 0) is 36.4 Å². The maximum Gasteiger partial charge on any atom is 0.254 e. The molecule has 0 aliphatic carbocycles. The summed E-state index contributed by atoms with van der Waals surface area (Å²) in [6.07, 6.45) is 0.